The number of aromatic nitrogens is 2. The zero-order valence-corrected chi connectivity index (χ0v) is 13.0. The van der Waals surface area contributed by atoms with E-state index in [9.17, 15) is 4.79 Å². The number of nitrogens with two attached hydrogens (primary N) is 1. The number of nitrogen functional groups attached to an aromatic ring is 1. The molecule has 0 atom stereocenters. The molecule has 1 aliphatic heterocycles. The number of carbonyl (C=O) groups is 1. The highest BCUT2D eigenvalue weighted by Crippen LogP contribution is 2.31. The molecule has 0 unspecified atom stereocenters. The summed E-state index contributed by atoms with van der Waals surface area (Å²) in [4.78, 5) is 13.5. The normalized spacial score (nSPS) is 12.9. The van der Waals surface area contributed by atoms with Gasteiger partial charge in [0.15, 0.2) is 0 Å². The minimum Gasteiger partial charge on any atom is -0.493 e. The van der Waals surface area contributed by atoms with Gasteiger partial charge in [0, 0.05) is 18.4 Å². The predicted octanol–water partition coefficient (Wildman–Crippen LogP) is 2.14. The van der Waals surface area contributed by atoms with Crippen LogP contribution in [0.25, 0.3) is 10.2 Å². The topological polar surface area (TPSA) is 90.1 Å². The average Bonchev–Trinajstić information content (AvgIpc) is 3.17. The Bertz CT molecular complexity index is 906. The van der Waals surface area contributed by atoms with E-state index in [2.05, 4.69) is 21.6 Å². The molecule has 0 saturated carbocycles. The lowest BCUT2D eigenvalue weighted by atomic mass is 10.1. The molecule has 3 aromatic rings. The standard InChI is InChI=1S/C16H14N4O2S/c17-13-11-3-5-19-20-16(11)23-14(13)15(21)18-8-9-1-2-12-10(7-9)4-6-22-12/h1-3,5,7H,4,6,8,17H2,(H,18,21). The van der Waals surface area contributed by atoms with Crippen LogP contribution in [0.2, 0.25) is 0 Å². The van der Waals surface area contributed by atoms with Crippen molar-refractivity contribution in [2.45, 2.75) is 13.0 Å². The number of nitrogens with zero attached hydrogens (tertiary/aromatic N) is 2. The van der Waals surface area contributed by atoms with E-state index >= 15 is 0 Å². The first-order valence-electron chi connectivity index (χ1n) is 7.25. The number of benzene rings is 1. The van der Waals surface area contributed by atoms with Crippen molar-refractivity contribution in [1.82, 2.24) is 15.5 Å². The number of anilines is 1. The molecule has 0 spiro atoms. The second kappa shape index (κ2) is 5.51. The molecule has 3 N–H and O–H groups in total. The van der Waals surface area contributed by atoms with Crippen molar-refractivity contribution in [3.63, 3.8) is 0 Å². The van der Waals surface area contributed by atoms with E-state index in [4.69, 9.17) is 10.5 Å². The largest absolute Gasteiger partial charge is 0.493 e. The number of hydrogen-bond acceptors (Lipinski definition) is 6. The summed E-state index contributed by atoms with van der Waals surface area (Å²) in [7, 11) is 0. The van der Waals surface area contributed by atoms with Gasteiger partial charge in [-0.15, -0.1) is 16.4 Å². The number of thiophene rings is 1. The van der Waals surface area contributed by atoms with Crippen LogP contribution in [0.1, 0.15) is 20.8 Å². The lowest BCUT2D eigenvalue weighted by Crippen LogP contribution is -2.22. The number of ether oxygens (including phenoxy) is 1. The van der Waals surface area contributed by atoms with Crippen LogP contribution in [0.4, 0.5) is 5.69 Å². The summed E-state index contributed by atoms with van der Waals surface area (Å²) < 4.78 is 5.48. The molecule has 0 radical (unpaired) electrons. The average molecular weight is 326 g/mol. The maximum Gasteiger partial charge on any atom is 0.263 e. The second-order valence-corrected chi connectivity index (χ2v) is 6.32. The van der Waals surface area contributed by atoms with Gasteiger partial charge in [0.1, 0.15) is 15.5 Å². The Morgan fingerprint density at radius 2 is 2.30 bits per heavy atom. The number of rotatable bonds is 3. The van der Waals surface area contributed by atoms with Crippen molar-refractivity contribution < 1.29 is 9.53 Å². The molecular weight excluding hydrogens is 312 g/mol. The second-order valence-electron chi connectivity index (χ2n) is 5.32. The number of amides is 1. The Balaban J connectivity index is 1.52. The first-order chi connectivity index (χ1) is 11.2. The van der Waals surface area contributed by atoms with Crippen LogP contribution in [-0.4, -0.2) is 22.7 Å². The van der Waals surface area contributed by atoms with Gasteiger partial charge in [0.25, 0.3) is 5.91 Å². The maximum atomic E-state index is 12.4. The molecule has 2 aromatic heterocycles. The highest BCUT2D eigenvalue weighted by molar-refractivity contribution is 7.21. The predicted molar refractivity (Wildman–Crippen MR) is 88.6 cm³/mol. The van der Waals surface area contributed by atoms with Gasteiger partial charge in [-0.2, -0.15) is 5.10 Å². The zero-order valence-electron chi connectivity index (χ0n) is 12.2. The van der Waals surface area contributed by atoms with E-state index in [1.54, 1.807) is 12.3 Å². The first kappa shape index (κ1) is 14.0. The molecule has 4 rings (SSSR count). The fourth-order valence-corrected chi connectivity index (χ4v) is 3.61. The monoisotopic (exact) mass is 326 g/mol. The Morgan fingerprint density at radius 3 is 3.17 bits per heavy atom. The van der Waals surface area contributed by atoms with Crippen LogP contribution in [0.5, 0.6) is 5.75 Å². The Hall–Kier alpha value is -2.67. The minimum atomic E-state index is -0.192. The van der Waals surface area contributed by atoms with E-state index in [1.165, 1.54) is 16.9 Å². The van der Waals surface area contributed by atoms with Crippen molar-refractivity contribution in [2.24, 2.45) is 0 Å². The van der Waals surface area contributed by atoms with Gasteiger partial charge in [-0.1, -0.05) is 12.1 Å². The van der Waals surface area contributed by atoms with Crippen molar-refractivity contribution in [1.29, 1.82) is 0 Å². The van der Waals surface area contributed by atoms with Crippen molar-refractivity contribution >= 4 is 33.1 Å². The van der Waals surface area contributed by atoms with E-state index in [0.717, 1.165) is 29.7 Å². The fraction of sp³-hybridized carbons (Fsp3) is 0.188. The van der Waals surface area contributed by atoms with Gasteiger partial charge in [0.05, 0.1) is 18.5 Å². The minimum absolute atomic E-state index is 0.192. The summed E-state index contributed by atoms with van der Waals surface area (Å²) in [5.41, 5.74) is 8.74. The summed E-state index contributed by atoms with van der Waals surface area (Å²) in [6.07, 6.45) is 2.48. The van der Waals surface area contributed by atoms with Gasteiger partial charge in [-0.05, 0) is 23.3 Å². The van der Waals surface area contributed by atoms with Crippen molar-refractivity contribution in [3.8, 4) is 5.75 Å². The number of fused-ring (bicyclic) bond motifs is 2. The third-order valence-corrected chi connectivity index (χ3v) is 4.94. The molecule has 3 heterocycles. The highest BCUT2D eigenvalue weighted by Gasteiger charge is 2.17. The number of carbonyl (C=O) groups excluding carboxylic acids is 1. The molecule has 0 saturated heterocycles. The SMILES string of the molecule is Nc1c(C(=O)NCc2ccc3c(c2)CCO3)sc2nnccc12. The quantitative estimate of drug-likeness (QED) is 0.769. The lowest BCUT2D eigenvalue weighted by Gasteiger charge is -2.06. The molecule has 6 nitrogen and oxygen atoms in total. The first-order valence-corrected chi connectivity index (χ1v) is 8.06. The Labute approximate surface area is 136 Å². The van der Waals surface area contributed by atoms with Crippen LogP contribution >= 0.6 is 11.3 Å². The van der Waals surface area contributed by atoms with E-state index < -0.39 is 0 Å². The molecule has 23 heavy (non-hydrogen) atoms. The van der Waals surface area contributed by atoms with Crippen LogP contribution in [-0.2, 0) is 13.0 Å². The number of nitrogens with one attached hydrogen (secondary N) is 1. The summed E-state index contributed by atoms with van der Waals surface area (Å²) >= 11 is 1.26. The molecule has 0 fully saturated rings. The van der Waals surface area contributed by atoms with Crippen LogP contribution in [0.15, 0.2) is 30.5 Å². The van der Waals surface area contributed by atoms with Gasteiger partial charge in [0.2, 0.25) is 0 Å². The molecular formula is C16H14N4O2S. The molecule has 0 bridgehead atoms. The Kier molecular flexibility index (Phi) is 3.34. The molecule has 116 valence electrons. The lowest BCUT2D eigenvalue weighted by molar-refractivity contribution is 0.0956. The van der Waals surface area contributed by atoms with Crippen LogP contribution < -0.4 is 15.8 Å². The van der Waals surface area contributed by atoms with Crippen molar-refractivity contribution in [3.05, 3.63) is 46.5 Å². The van der Waals surface area contributed by atoms with Gasteiger partial charge < -0.3 is 15.8 Å². The van der Waals surface area contributed by atoms with Crippen molar-refractivity contribution in [2.75, 3.05) is 12.3 Å². The van der Waals surface area contributed by atoms with Crippen LogP contribution in [0, 0.1) is 0 Å². The molecule has 0 aliphatic carbocycles. The van der Waals surface area contributed by atoms with Crippen LogP contribution in [0.3, 0.4) is 0 Å². The van der Waals surface area contributed by atoms with Gasteiger partial charge in [-0.25, -0.2) is 0 Å². The molecule has 1 amide bonds. The highest BCUT2D eigenvalue weighted by atomic mass is 32.1. The van der Waals surface area contributed by atoms with E-state index in [1.807, 2.05) is 12.1 Å². The maximum absolute atomic E-state index is 12.4. The summed E-state index contributed by atoms with van der Waals surface area (Å²) in [6, 6.07) is 7.76. The molecule has 1 aliphatic rings. The zero-order chi connectivity index (χ0) is 15.8. The molecule has 7 heteroatoms. The smallest absolute Gasteiger partial charge is 0.263 e. The van der Waals surface area contributed by atoms with E-state index in [0.29, 0.717) is 21.9 Å². The Morgan fingerprint density at radius 1 is 1.39 bits per heavy atom. The number of hydrogen-bond donors (Lipinski definition) is 2. The van der Waals surface area contributed by atoms with Gasteiger partial charge in [-0.3, -0.25) is 4.79 Å². The summed E-state index contributed by atoms with van der Waals surface area (Å²) in [5, 5.41) is 11.5. The molecule has 1 aromatic carbocycles. The third-order valence-electron chi connectivity index (χ3n) is 3.83. The van der Waals surface area contributed by atoms with E-state index in [-0.39, 0.29) is 5.91 Å². The van der Waals surface area contributed by atoms with Gasteiger partial charge >= 0.3 is 0 Å². The summed E-state index contributed by atoms with van der Waals surface area (Å²) in [6.45, 7) is 1.18. The fourth-order valence-electron chi connectivity index (χ4n) is 2.65. The third kappa shape index (κ3) is 2.49. The summed E-state index contributed by atoms with van der Waals surface area (Å²) in [5.74, 6) is 0.745.